The largest absolute Gasteiger partial charge is 0.492 e. The molecule has 1 saturated carbocycles. The number of rotatable bonds is 7. The van der Waals surface area contributed by atoms with Crippen molar-refractivity contribution in [2.24, 2.45) is 5.92 Å². The molecule has 1 heterocycles. The Labute approximate surface area is 149 Å². The molecule has 1 unspecified atom stereocenters. The zero-order chi connectivity index (χ0) is 18.0. The summed E-state index contributed by atoms with van der Waals surface area (Å²) in [5.41, 5.74) is 2.29. The van der Waals surface area contributed by atoms with E-state index in [0.29, 0.717) is 23.9 Å². The summed E-state index contributed by atoms with van der Waals surface area (Å²) in [6, 6.07) is 4.18. The van der Waals surface area contributed by atoms with Crippen LogP contribution in [0, 0.1) is 5.92 Å². The third kappa shape index (κ3) is 3.43. The third-order valence-corrected chi connectivity index (χ3v) is 5.40. The highest BCUT2D eigenvalue weighted by atomic mass is 16.5. The average Bonchev–Trinajstić information content (AvgIpc) is 3.37. The summed E-state index contributed by atoms with van der Waals surface area (Å²) in [6.45, 7) is 4.24. The summed E-state index contributed by atoms with van der Waals surface area (Å²) < 4.78 is 5.77. The number of ether oxygens (including phenoxy) is 1. The lowest BCUT2D eigenvalue weighted by atomic mass is 10.1. The smallest absolute Gasteiger partial charge is 0.259 e. The number of hydrogen-bond donors (Lipinski definition) is 1. The number of carbonyl (C=O) groups excluding carboxylic acids is 2. The monoisotopic (exact) mass is 345 g/mol. The summed E-state index contributed by atoms with van der Waals surface area (Å²) >= 11 is 0. The van der Waals surface area contributed by atoms with E-state index in [-0.39, 0.29) is 0 Å². The molecule has 6 heteroatoms. The molecule has 2 aliphatic rings. The zero-order valence-electron chi connectivity index (χ0n) is 15.2. The normalized spacial score (nSPS) is 19.6. The maximum Gasteiger partial charge on any atom is 0.259 e. The van der Waals surface area contributed by atoms with Crippen LogP contribution in [0.4, 0.5) is 11.4 Å². The summed E-state index contributed by atoms with van der Waals surface area (Å²) in [5, 5.41) is 2.26. The van der Waals surface area contributed by atoms with Gasteiger partial charge in [-0.1, -0.05) is 13.3 Å². The fraction of sp³-hybridized carbons (Fsp3) is 0.579. The first kappa shape index (κ1) is 17.6. The van der Waals surface area contributed by atoms with Crippen LogP contribution >= 0.6 is 0 Å². The van der Waals surface area contributed by atoms with Crippen molar-refractivity contribution in [3.8, 4) is 5.75 Å². The van der Waals surface area contributed by atoms with Crippen LogP contribution in [-0.4, -0.2) is 45.6 Å². The molecule has 1 atom stereocenters. The Morgan fingerprint density at radius 2 is 2.16 bits per heavy atom. The minimum atomic E-state index is -0.393. The maximum atomic E-state index is 12.4. The lowest BCUT2D eigenvalue weighted by molar-refractivity contribution is -0.108. The van der Waals surface area contributed by atoms with Crippen molar-refractivity contribution in [1.29, 1.82) is 0 Å². The van der Waals surface area contributed by atoms with E-state index >= 15 is 0 Å². The first-order chi connectivity index (χ1) is 12.1. The molecule has 136 valence electrons. The molecular formula is C19H27N3O3. The highest BCUT2D eigenvalue weighted by molar-refractivity contribution is 6.06. The van der Waals surface area contributed by atoms with Gasteiger partial charge in [0.2, 0.25) is 6.41 Å². The van der Waals surface area contributed by atoms with Crippen LogP contribution in [0.1, 0.15) is 43.0 Å². The lowest BCUT2D eigenvalue weighted by Gasteiger charge is -2.29. The molecular weight excluding hydrogens is 318 g/mol. The Balaban J connectivity index is 2.04. The highest BCUT2D eigenvalue weighted by Crippen LogP contribution is 2.45. The summed E-state index contributed by atoms with van der Waals surface area (Å²) in [5.74, 6) is 1.03. The Kier molecular flexibility index (Phi) is 5.16. The summed E-state index contributed by atoms with van der Waals surface area (Å²) in [4.78, 5) is 27.6. The molecule has 2 fully saturated rings. The Hall–Kier alpha value is -2.24. The van der Waals surface area contributed by atoms with E-state index in [4.69, 9.17) is 4.74 Å². The zero-order valence-corrected chi connectivity index (χ0v) is 15.2. The molecule has 1 aliphatic heterocycles. The number of nitrogens with zero attached hydrogens (tertiary/aromatic N) is 2. The second kappa shape index (κ2) is 7.33. The van der Waals surface area contributed by atoms with E-state index in [2.05, 4.69) is 22.0 Å². The number of carbonyl (C=O) groups is 2. The van der Waals surface area contributed by atoms with Crippen molar-refractivity contribution >= 4 is 23.7 Å². The first-order valence-corrected chi connectivity index (χ1v) is 9.03. The molecule has 0 radical (unpaired) electrons. The van der Waals surface area contributed by atoms with Gasteiger partial charge in [-0.3, -0.25) is 14.9 Å². The molecule has 0 aromatic heterocycles. The topological polar surface area (TPSA) is 61.9 Å². The quantitative estimate of drug-likeness (QED) is 0.769. The van der Waals surface area contributed by atoms with E-state index in [0.717, 1.165) is 43.1 Å². The van der Waals surface area contributed by atoms with Crippen LogP contribution in [0.2, 0.25) is 0 Å². The van der Waals surface area contributed by atoms with Gasteiger partial charge < -0.3 is 14.5 Å². The molecule has 0 spiro atoms. The second-order valence-electron chi connectivity index (χ2n) is 6.96. The van der Waals surface area contributed by atoms with Crippen LogP contribution in [0.15, 0.2) is 12.1 Å². The number of benzene rings is 1. The van der Waals surface area contributed by atoms with Gasteiger partial charge >= 0.3 is 0 Å². The SMILES string of the molecule is CCC1CCN(c2ccc(C(=O)NC=O)c(N(C)C3CC3)c2OC)C1. The van der Waals surface area contributed by atoms with E-state index < -0.39 is 5.91 Å². The van der Waals surface area contributed by atoms with Gasteiger partial charge in [-0.15, -0.1) is 0 Å². The van der Waals surface area contributed by atoms with Crippen molar-refractivity contribution in [1.82, 2.24) is 5.32 Å². The number of anilines is 2. The molecule has 1 saturated heterocycles. The minimum Gasteiger partial charge on any atom is -0.492 e. The van der Waals surface area contributed by atoms with Crippen LogP contribution in [0.5, 0.6) is 5.75 Å². The number of hydrogen-bond acceptors (Lipinski definition) is 5. The van der Waals surface area contributed by atoms with E-state index in [1.807, 2.05) is 19.2 Å². The number of imide groups is 1. The molecule has 1 aromatic rings. The fourth-order valence-electron chi connectivity index (χ4n) is 3.70. The molecule has 6 nitrogen and oxygen atoms in total. The Morgan fingerprint density at radius 1 is 1.40 bits per heavy atom. The Bertz CT molecular complexity index is 658. The van der Waals surface area contributed by atoms with Crippen LogP contribution in [0.25, 0.3) is 0 Å². The molecule has 2 amide bonds. The molecule has 3 rings (SSSR count). The van der Waals surface area contributed by atoms with Gasteiger partial charge in [0.1, 0.15) is 0 Å². The predicted octanol–water partition coefficient (Wildman–Crippen LogP) is 2.42. The number of amides is 2. The minimum absolute atomic E-state index is 0.393. The van der Waals surface area contributed by atoms with Crippen molar-refractivity contribution in [2.75, 3.05) is 37.0 Å². The van der Waals surface area contributed by atoms with E-state index in [9.17, 15) is 9.59 Å². The number of nitrogens with one attached hydrogen (secondary N) is 1. The Morgan fingerprint density at radius 3 is 2.72 bits per heavy atom. The molecule has 0 bridgehead atoms. The molecule has 25 heavy (non-hydrogen) atoms. The fourth-order valence-corrected chi connectivity index (χ4v) is 3.70. The first-order valence-electron chi connectivity index (χ1n) is 9.03. The van der Waals surface area contributed by atoms with Crippen molar-refractivity contribution in [3.05, 3.63) is 17.7 Å². The van der Waals surface area contributed by atoms with E-state index in [1.54, 1.807) is 7.11 Å². The van der Waals surface area contributed by atoms with Gasteiger partial charge in [0.05, 0.1) is 24.0 Å². The van der Waals surface area contributed by atoms with Gasteiger partial charge in [-0.2, -0.15) is 0 Å². The van der Waals surface area contributed by atoms with Gasteiger partial charge in [0.15, 0.2) is 5.75 Å². The van der Waals surface area contributed by atoms with Crippen molar-refractivity contribution < 1.29 is 14.3 Å². The predicted molar refractivity (Wildman–Crippen MR) is 98.6 cm³/mol. The van der Waals surface area contributed by atoms with Crippen molar-refractivity contribution in [3.63, 3.8) is 0 Å². The van der Waals surface area contributed by atoms with E-state index in [1.165, 1.54) is 12.8 Å². The molecule has 1 aromatic carbocycles. The molecule has 1 N–H and O–H groups in total. The van der Waals surface area contributed by atoms with Crippen LogP contribution in [-0.2, 0) is 4.79 Å². The van der Waals surface area contributed by atoms with Gasteiger partial charge in [0, 0.05) is 26.2 Å². The summed E-state index contributed by atoms with van der Waals surface area (Å²) in [6.07, 6.45) is 5.00. The van der Waals surface area contributed by atoms with Crippen molar-refractivity contribution in [2.45, 2.75) is 38.6 Å². The van der Waals surface area contributed by atoms with Gasteiger partial charge in [-0.05, 0) is 37.3 Å². The molecule has 1 aliphatic carbocycles. The number of methoxy groups -OCH3 is 1. The van der Waals surface area contributed by atoms with Crippen LogP contribution in [0.3, 0.4) is 0 Å². The van der Waals surface area contributed by atoms with Gasteiger partial charge in [0.25, 0.3) is 5.91 Å². The maximum absolute atomic E-state index is 12.4. The standard InChI is InChI=1S/C19H27N3O3/c1-4-13-9-10-22(11-13)16-8-7-15(19(24)20-12-23)17(18(16)25-3)21(2)14-5-6-14/h7-8,12-14H,4-6,9-11H2,1-3H3,(H,20,23,24). The highest BCUT2D eigenvalue weighted by Gasteiger charge is 2.33. The lowest BCUT2D eigenvalue weighted by Crippen LogP contribution is -2.29. The third-order valence-electron chi connectivity index (χ3n) is 5.40. The average molecular weight is 345 g/mol. The summed E-state index contributed by atoms with van der Waals surface area (Å²) in [7, 11) is 3.65. The van der Waals surface area contributed by atoms with Gasteiger partial charge in [-0.25, -0.2) is 0 Å². The second-order valence-corrected chi connectivity index (χ2v) is 6.96. The van der Waals surface area contributed by atoms with Crippen LogP contribution < -0.4 is 19.9 Å².